The summed E-state index contributed by atoms with van der Waals surface area (Å²) in [4.78, 5) is 10.8. The van der Waals surface area contributed by atoms with E-state index in [-0.39, 0.29) is 12.5 Å². The highest BCUT2D eigenvalue weighted by Gasteiger charge is 1.96. The van der Waals surface area contributed by atoms with Crippen LogP contribution in [0.1, 0.15) is 12.8 Å². The largest absolute Gasteiger partial charge is 0.375 e. The highest BCUT2D eigenvalue weighted by atomic mass is 16.5. The molecule has 4 heteroatoms. The van der Waals surface area contributed by atoms with Crippen molar-refractivity contribution in [1.82, 2.24) is 10.6 Å². The van der Waals surface area contributed by atoms with Gasteiger partial charge in [0.15, 0.2) is 0 Å². The van der Waals surface area contributed by atoms with Crippen molar-refractivity contribution in [3.8, 4) is 0 Å². The van der Waals surface area contributed by atoms with Crippen LogP contribution in [0.4, 0.5) is 0 Å². The van der Waals surface area contributed by atoms with E-state index in [1.165, 1.54) is 7.11 Å². The Labute approximate surface area is 73.7 Å². The second-order valence-electron chi connectivity index (χ2n) is 2.59. The minimum Gasteiger partial charge on any atom is -0.375 e. The summed E-state index contributed by atoms with van der Waals surface area (Å²) in [5.41, 5.74) is 0. The zero-order valence-corrected chi connectivity index (χ0v) is 7.85. The number of unbranched alkanes of at least 4 members (excludes halogenated alkanes) is 1. The van der Waals surface area contributed by atoms with Gasteiger partial charge in [0.25, 0.3) is 0 Å². The number of methoxy groups -OCH3 is 1. The molecule has 1 amide bonds. The van der Waals surface area contributed by atoms with Crippen molar-refractivity contribution in [1.29, 1.82) is 0 Å². The van der Waals surface area contributed by atoms with Crippen LogP contribution in [-0.4, -0.2) is 39.8 Å². The first-order chi connectivity index (χ1) is 5.81. The number of amides is 1. The number of rotatable bonds is 7. The molecule has 12 heavy (non-hydrogen) atoms. The van der Waals surface area contributed by atoms with E-state index in [4.69, 9.17) is 0 Å². The quantitative estimate of drug-likeness (QED) is 0.523. The number of carbonyl (C=O) groups is 1. The maximum absolute atomic E-state index is 10.8. The minimum atomic E-state index is -0.0399. The lowest BCUT2D eigenvalue weighted by molar-refractivity contribution is -0.124. The fourth-order valence-electron chi connectivity index (χ4n) is 0.837. The Bertz CT molecular complexity index is 118. The van der Waals surface area contributed by atoms with Crippen LogP contribution in [0.5, 0.6) is 0 Å². The van der Waals surface area contributed by atoms with Crippen LogP contribution in [0.2, 0.25) is 0 Å². The van der Waals surface area contributed by atoms with Gasteiger partial charge < -0.3 is 15.4 Å². The van der Waals surface area contributed by atoms with Gasteiger partial charge in [0.1, 0.15) is 6.61 Å². The van der Waals surface area contributed by atoms with E-state index in [0.717, 1.165) is 25.9 Å². The molecule has 0 unspecified atom stereocenters. The van der Waals surface area contributed by atoms with E-state index in [0.29, 0.717) is 0 Å². The lowest BCUT2D eigenvalue weighted by Crippen LogP contribution is -2.28. The van der Waals surface area contributed by atoms with Gasteiger partial charge in [-0.25, -0.2) is 0 Å². The maximum atomic E-state index is 10.8. The highest BCUT2D eigenvalue weighted by molar-refractivity contribution is 5.77. The molecule has 0 aliphatic carbocycles. The summed E-state index contributed by atoms with van der Waals surface area (Å²) in [6.45, 7) is 1.90. The Kier molecular flexibility index (Phi) is 8.05. The third-order valence-corrected chi connectivity index (χ3v) is 1.45. The summed E-state index contributed by atoms with van der Waals surface area (Å²) in [5.74, 6) is -0.0399. The van der Waals surface area contributed by atoms with Crippen LogP contribution in [-0.2, 0) is 9.53 Å². The van der Waals surface area contributed by atoms with Crippen molar-refractivity contribution in [2.45, 2.75) is 12.8 Å². The van der Waals surface area contributed by atoms with E-state index in [1.807, 2.05) is 7.05 Å². The van der Waals surface area contributed by atoms with Crippen molar-refractivity contribution >= 4 is 5.91 Å². The molecule has 0 spiro atoms. The number of carbonyl (C=O) groups excluding carboxylic acids is 1. The van der Waals surface area contributed by atoms with Crippen LogP contribution >= 0.6 is 0 Å². The fraction of sp³-hybridized carbons (Fsp3) is 0.875. The lowest BCUT2D eigenvalue weighted by Gasteiger charge is -2.03. The first kappa shape index (κ1) is 11.4. The van der Waals surface area contributed by atoms with Gasteiger partial charge in [-0.15, -0.1) is 0 Å². The summed E-state index contributed by atoms with van der Waals surface area (Å²) < 4.78 is 4.66. The molecule has 0 rings (SSSR count). The van der Waals surface area contributed by atoms with E-state index in [2.05, 4.69) is 15.4 Å². The van der Waals surface area contributed by atoms with Crippen LogP contribution in [0, 0.1) is 0 Å². The predicted octanol–water partition coefficient (Wildman–Crippen LogP) is -0.251. The average Bonchev–Trinajstić information content (AvgIpc) is 2.05. The number of hydrogen-bond acceptors (Lipinski definition) is 3. The molecule has 2 N–H and O–H groups in total. The molecule has 0 saturated carbocycles. The normalized spacial score (nSPS) is 9.83. The Hall–Kier alpha value is -0.610. The van der Waals surface area contributed by atoms with Crippen LogP contribution < -0.4 is 10.6 Å². The van der Waals surface area contributed by atoms with Gasteiger partial charge in [-0.1, -0.05) is 0 Å². The lowest BCUT2D eigenvalue weighted by atomic mass is 10.3. The summed E-state index contributed by atoms with van der Waals surface area (Å²) in [6, 6.07) is 0. The molecular formula is C8H18N2O2. The van der Waals surface area contributed by atoms with E-state index in [9.17, 15) is 4.79 Å². The molecule has 0 aromatic rings. The van der Waals surface area contributed by atoms with Gasteiger partial charge >= 0.3 is 0 Å². The van der Waals surface area contributed by atoms with E-state index < -0.39 is 0 Å². The molecular weight excluding hydrogens is 156 g/mol. The van der Waals surface area contributed by atoms with Crippen molar-refractivity contribution in [3.63, 3.8) is 0 Å². The second-order valence-corrected chi connectivity index (χ2v) is 2.59. The predicted molar refractivity (Wildman–Crippen MR) is 48.0 cm³/mol. The monoisotopic (exact) mass is 174 g/mol. The van der Waals surface area contributed by atoms with Crippen molar-refractivity contribution < 1.29 is 9.53 Å². The Morgan fingerprint density at radius 3 is 2.58 bits per heavy atom. The van der Waals surface area contributed by atoms with Gasteiger partial charge in [0, 0.05) is 13.7 Å². The molecule has 0 aliphatic heterocycles. The molecule has 0 atom stereocenters. The molecule has 0 saturated heterocycles. The number of nitrogens with one attached hydrogen (secondary N) is 2. The molecule has 72 valence electrons. The Morgan fingerprint density at radius 2 is 2.00 bits per heavy atom. The van der Waals surface area contributed by atoms with Crippen molar-refractivity contribution in [3.05, 3.63) is 0 Å². The molecule has 4 nitrogen and oxygen atoms in total. The second kappa shape index (κ2) is 8.49. The number of hydrogen-bond donors (Lipinski definition) is 2. The first-order valence-electron chi connectivity index (χ1n) is 4.21. The zero-order valence-electron chi connectivity index (χ0n) is 7.85. The van der Waals surface area contributed by atoms with Crippen LogP contribution in [0.3, 0.4) is 0 Å². The van der Waals surface area contributed by atoms with Gasteiger partial charge in [0.2, 0.25) is 5.91 Å². The maximum Gasteiger partial charge on any atom is 0.245 e. The molecule has 0 aromatic carbocycles. The molecule has 0 aromatic heterocycles. The fourth-order valence-corrected chi connectivity index (χ4v) is 0.837. The topological polar surface area (TPSA) is 50.4 Å². The Morgan fingerprint density at radius 1 is 1.33 bits per heavy atom. The third-order valence-electron chi connectivity index (χ3n) is 1.45. The summed E-state index contributed by atoms with van der Waals surface area (Å²) in [5, 5.41) is 5.79. The van der Waals surface area contributed by atoms with Crippen LogP contribution in [0.15, 0.2) is 0 Å². The summed E-state index contributed by atoms with van der Waals surface area (Å²) in [7, 11) is 3.43. The van der Waals surface area contributed by atoms with Gasteiger partial charge in [-0.2, -0.15) is 0 Å². The zero-order chi connectivity index (χ0) is 9.23. The summed E-state index contributed by atoms with van der Waals surface area (Å²) in [6.07, 6.45) is 2.10. The summed E-state index contributed by atoms with van der Waals surface area (Å²) >= 11 is 0. The average molecular weight is 174 g/mol. The molecule has 0 bridgehead atoms. The third kappa shape index (κ3) is 7.50. The van der Waals surface area contributed by atoms with E-state index >= 15 is 0 Å². The molecule has 0 radical (unpaired) electrons. The molecule has 0 fully saturated rings. The first-order valence-corrected chi connectivity index (χ1v) is 4.21. The minimum absolute atomic E-state index is 0.0399. The van der Waals surface area contributed by atoms with Crippen molar-refractivity contribution in [2.75, 3.05) is 33.9 Å². The van der Waals surface area contributed by atoms with E-state index in [1.54, 1.807) is 0 Å². The molecule has 0 aliphatic rings. The SMILES string of the molecule is CNCCCCNC(=O)COC. The standard InChI is InChI=1S/C8H18N2O2/c1-9-5-3-4-6-10-8(11)7-12-2/h9H,3-7H2,1-2H3,(H,10,11). The Balaban J connectivity index is 3.03. The van der Waals surface area contributed by atoms with Gasteiger partial charge in [0.05, 0.1) is 0 Å². The number of ether oxygens (including phenoxy) is 1. The van der Waals surface area contributed by atoms with Gasteiger partial charge in [-0.05, 0) is 26.4 Å². The van der Waals surface area contributed by atoms with Crippen LogP contribution in [0.25, 0.3) is 0 Å². The smallest absolute Gasteiger partial charge is 0.245 e. The van der Waals surface area contributed by atoms with Crippen molar-refractivity contribution in [2.24, 2.45) is 0 Å². The highest BCUT2D eigenvalue weighted by Crippen LogP contribution is 1.83. The van der Waals surface area contributed by atoms with Gasteiger partial charge in [-0.3, -0.25) is 4.79 Å². The molecule has 0 heterocycles.